The van der Waals surface area contributed by atoms with Gasteiger partial charge in [-0.15, -0.1) is 0 Å². The van der Waals surface area contributed by atoms with Crippen LogP contribution in [0, 0.1) is 6.92 Å². The number of hydrogen-bond donors (Lipinski definition) is 3. The number of carboxylic acids is 2. The van der Waals surface area contributed by atoms with Crippen LogP contribution in [0.25, 0.3) is 0 Å². The first-order valence-corrected chi connectivity index (χ1v) is 4.03. The fourth-order valence-electron chi connectivity index (χ4n) is 0.386. The van der Waals surface area contributed by atoms with E-state index in [2.05, 4.69) is 13.5 Å². The summed E-state index contributed by atoms with van der Waals surface area (Å²) in [5.41, 5.74) is 5.96. The second-order valence-electron chi connectivity index (χ2n) is 2.49. The van der Waals surface area contributed by atoms with Gasteiger partial charge in [-0.1, -0.05) is 12.2 Å². The van der Waals surface area contributed by atoms with Gasteiger partial charge in [0.1, 0.15) is 0 Å². The molecule has 0 amide bonds. The minimum atomic E-state index is -0.856. The molecule has 0 aromatic heterocycles. The van der Waals surface area contributed by atoms with Gasteiger partial charge in [-0.3, -0.25) is 4.79 Å². The van der Waals surface area contributed by atoms with Gasteiger partial charge in [0, 0.05) is 32.4 Å². The van der Waals surface area contributed by atoms with Crippen molar-refractivity contribution in [1.82, 2.24) is 0 Å². The monoisotopic (exact) mass is 266 g/mol. The van der Waals surface area contributed by atoms with E-state index in [0.717, 1.165) is 5.57 Å². The van der Waals surface area contributed by atoms with E-state index in [1.807, 2.05) is 0 Å². The van der Waals surface area contributed by atoms with Gasteiger partial charge in [0.15, 0.2) is 6.42 Å². The van der Waals surface area contributed by atoms with Crippen LogP contribution in [-0.4, -0.2) is 28.7 Å². The van der Waals surface area contributed by atoms with Crippen LogP contribution < -0.4 is 5.73 Å². The van der Waals surface area contributed by atoms with Crippen LogP contribution in [0.4, 0.5) is 0 Å². The Kier molecular flexibility index (Phi) is 17.2. The molecule has 0 spiro atoms. The number of carbonyl (C=O) groups is 2. The van der Waals surface area contributed by atoms with E-state index in [4.69, 9.17) is 15.9 Å². The van der Waals surface area contributed by atoms with E-state index in [1.165, 1.54) is 0 Å². The molecule has 4 N–H and O–H groups in total. The molecule has 0 aliphatic heterocycles. The van der Waals surface area contributed by atoms with Crippen LogP contribution in [0.2, 0.25) is 0 Å². The zero-order chi connectivity index (χ0) is 11.6. The zero-order valence-corrected chi connectivity index (χ0v) is 11.7. The number of nitrogens with two attached hydrogens (primary N) is 1. The normalized spacial score (nSPS) is 7.80. The summed E-state index contributed by atoms with van der Waals surface area (Å²) in [6.45, 7) is 7.02. The quantitative estimate of drug-likeness (QED) is 0.386. The topological polar surface area (TPSA) is 101 Å². The number of rotatable bonds is 5. The molecule has 5 nitrogen and oxygen atoms in total. The number of carboxylic acid groups (broad SMARTS) is 2. The maximum atomic E-state index is 9.94. The van der Waals surface area contributed by atoms with Gasteiger partial charge < -0.3 is 15.9 Å². The van der Waals surface area contributed by atoms with Gasteiger partial charge in [0.2, 0.25) is 0 Å². The van der Waals surface area contributed by atoms with Crippen molar-refractivity contribution in [2.45, 2.75) is 19.3 Å². The van der Waals surface area contributed by atoms with Crippen molar-refractivity contribution >= 4 is 11.9 Å². The predicted molar refractivity (Wildman–Crippen MR) is 52.7 cm³/mol. The molecular formula is C9H16NO4Zn+. The molecule has 0 rings (SSSR count). The van der Waals surface area contributed by atoms with Crippen molar-refractivity contribution in [2.24, 2.45) is 5.73 Å². The van der Waals surface area contributed by atoms with Gasteiger partial charge in [-0.05, 0) is 6.42 Å². The van der Waals surface area contributed by atoms with Crippen molar-refractivity contribution in [1.29, 1.82) is 0 Å². The summed E-state index contributed by atoms with van der Waals surface area (Å²) in [6.07, 6.45) is 0.599. The Bertz CT molecular complexity index is 206. The summed E-state index contributed by atoms with van der Waals surface area (Å²) in [6, 6.07) is 0. The fourth-order valence-corrected chi connectivity index (χ4v) is 0.386. The van der Waals surface area contributed by atoms with Crippen molar-refractivity contribution in [2.75, 3.05) is 6.54 Å². The first-order chi connectivity index (χ1) is 6.43. The molecule has 0 heterocycles. The van der Waals surface area contributed by atoms with E-state index in [9.17, 15) is 9.59 Å². The molecule has 0 aliphatic rings. The van der Waals surface area contributed by atoms with Crippen LogP contribution in [0.5, 0.6) is 0 Å². The Balaban J connectivity index is -0.000000208. The van der Waals surface area contributed by atoms with Gasteiger partial charge in [0.25, 0.3) is 0 Å². The van der Waals surface area contributed by atoms with Crippen molar-refractivity contribution in [3.63, 3.8) is 0 Å². The summed E-state index contributed by atoms with van der Waals surface area (Å²) >= 11 is 0. The Labute approximate surface area is 102 Å². The molecule has 0 fully saturated rings. The molecular weight excluding hydrogens is 251 g/mol. The average Bonchev–Trinajstić information content (AvgIpc) is 2.14. The van der Waals surface area contributed by atoms with Crippen LogP contribution >= 0.6 is 0 Å². The SMILES string of the molecule is C=C(CN)CCC(=O)O.[CH2+]CC(=O)O.[Zn]. The van der Waals surface area contributed by atoms with Crippen LogP contribution in [0.1, 0.15) is 19.3 Å². The average molecular weight is 268 g/mol. The standard InChI is InChI=1S/C6H11NO2.C3H4O2.Zn/c1-5(4-7)2-3-6(8)9;1-2-3(4)5;/h1-4,7H2,(H,8,9);1-2H2;/p+1. The summed E-state index contributed by atoms with van der Waals surface area (Å²) in [7, 11) is 0. The third-order valence-corrected chi connectivity index (χ3v) is 1.19. The first-order valence-electron chi connectivity index (χ1n) is 4.03. The Morgan fingerprint density at radius 3 is 1.80 bits per heavy atom. The number of hydrogen-bond acceptors (Lipinski definition) is 3. The van der Waals surface area contributed by atoms with Crippen molar-refractivity contribution < 1.29 is 39.3 Å². The molecule has 0 aliphatic carbocycles. The van der Waals surface area contributed by atoms with Gasteiger partial charge in [-0.2, -0.15) is 0 Å². The Morgan fingerprint density at radius 2 is 1.60 bits per heavy atom. The molecule has 0 aromatic carbocycles. The van der Waals surface area contributed by atoms with E-state index in [-0.39, 0.29) is 32.3 Å². The zero-order valence-electron chi connectivity index (χ0n) is 8.74. The van der Waals surface area contributed by atoms with Crippen LogP contribution in [0.15, 0.2) is 12.2 Å². The minimum Gasteiger partial charge on any atom is -0.481 e. The molecule has 0 radical (unpaired) electrons. The molecule has 0 saturated heterocycles. The first kappa shape index (κ1) is 19.7. The molecule has 0 atom stereocenters. The Morgan fingerprint density at radius 1 is 1.20 bits per heavy atom. The van der Waals surface area contributed by atoms with E-state index in [1.54, 1.807) is 0 Å². The maximum absolute atomic E-state index is 9.94. The minimum absolute atomic E-state index is 0. The third kappa shape index (κ3) is 24.6. The van der Waals surface area contributed by atoms with Gasteiger partial charge >= 0.3 is 11.9 Å². The molecule has 6 heteroatoms. The van der Waals surface area contributed by atoms with Crippen molar-refractivity contribution in [3.8, 4) is 0 Å². The molecule has 0 unspecified atom stereocenters. The van der Waals surface area contributed by atoms with Gasteiger partial charge in [-0.25, -0.2) is 4.79 Å². The summed E-state index contributed by atoms with van der Waals surface area (Å²) < 4.78 is 0. The summed E-state index contributed by atoms with van der Waals surface area (Å²) in [4.78, 5) is 19.2. The molecule has 0 saturated carbocycles. The molecule has 82 valence electrons. The van der Waals surface area contributed by atoms with E-state index < -0.39 is 11.9 Å². The largest absolute Gasteiger partial charge is 0.481 e. The molecule has 0 bridgehead atoms. The van der Waals surface area contributed by atoms with E-state index >= 15 is 0 Å². The van der Waals surface area contributed by atoms with E-state index in [0.29, 0.717) is 13.0 Å². The number of aliphatic carboxylic acids is 2. The maximum Gasteiger partial charge on any atom is 0.348 e. The predicted octanol–water partition coefficient (Wildman–Crippen LogP) is 0.659. The second kappa shape index (κ2) is 13.1. The second-order valence-corrected chi connectivity index (χ2v) is 2.49. The van der Waals surface area contributed by atoms with Gasteiger partial charge in [0.05, 0.1) is 6.92 Å². The van der Waals surface area contributed by atoms with Crippen LogP contribution in [-0.2, 0) is 29.1 Å². The smallest absolute Gasteiger partial charge is 0.348 e. The fraction of sp³-hybridized carbons (Fsp3) is 0.444. The molecule has 0 aromatic rings. The molecule has 15 heavy (non-hydrogen) atoms. The summed E-state index contributed by atoms with van der Waals surface area (Å²) in [5.74, 6) is -1.66. The Hall–Kier alpha value is -0.867. The third-order valence-electron chi connectivity index (χ3n) is 1.19. The van der Waals surface area contributed by atoms with Crippen LogP contribution in [0.3, 0.4) is 0 Å². The summed E-state index contributed by atoms with van der Waals surface area (Å²) in [5, 5.41) is 15.8. The van der Waals surface area contributed by atoms with Crippen molar-refractivity contribution in [3.05, 3.63) is 19.1 Å².